The topological polar surface area (TPSA) is 94.2 Å². The van der Waals surface area contributed by atoms with Gasteiger partial charge in [-0.1, -0.05) is 17.7 Å². The van der Waals surface area contributed by atoms with E-state index in [4.69, 9.17) is 25.8 Å². The lowest BCUT2D eigenvalue weighted by atomic mass is 10.2. The van der Waals surface area contributed by atoms with Crippen molar-refractivity contribution in [1.29, 1.82) is 0 Å². The van der Waals surface area contributed by atoms with Crippen molar-refractivity contribution < 1.29 is 27.4 Å². The van der Waals surface area contributed by atoms with Gasteiger partial charge in [0, 0.05) is 19.5 Å². The number of hydrogen-bond acceptors (Lipinski definition) is 6. The molecule has 30 heavy (non-hydrogen) atoms. The first-order chi connectivity index (χ1) is 14.3. The highest BCUT2D eigenvalue weighted by Gasteiger charge is 2.19. The largest absolute Gasteiger partial charge is 0.495 e. The van der Waals surface area contributed by atoms with Gasteiger partial charge in [-0.25, -0.2) is 8.42 Å². The summed E-state index contributed by atoms with van der Waals surface area (Å²) in [5.41, 5.74) is 1.31. The van der Waals surface area contributed by atoms with E-state index >= 15 is 0 Å². The van der Waals surface area contributed by atoms with E-state index < -0.39 is 10.0 Å². The van der Waals surface area contributed by atoms with Gasteiger partial charge in [-0.3, -0.25) is 9.10 Å². The number of methoxy groups -OCH3 is 1. The van der Waals surface area contributed by atoms with Crippen molar-refractivity contribution in [2.24, 2.45) is 0 Å². The molecule has 10 heteroatoms. The normalized spacial score (nSPS) is 12.5. The standard InChI is InChI=1S/C20H23ClN2O6S/c1-27-17-8-6-15(11-16(17)21)23(30(2,25)26)9-3-4-20(24)22-12-14-5-7-18-19(10-14)29-13-28-18/h5-8,10-11H,3-4,9,12-13H2,1-2H3,(H,22,24). The molecule has 3 rings (SSSR count). The number of ether oxygens (including phenoxy) is 3. The second-order valence-corrected chi connectivity index (χ2v) is 9.04. The number of nitrogens with zero attached hydrogens (tertiary/aromatic N) is 1. The van der Waals surface area contributed by atoms with Crippen LogP contribution in [-0.4, -0.2) is 41.0 Å². The van der Waals surface area contributed by atoms with Crippen LogP contribution in [0.2, 0.25) is 5.02 Å². The second-order valence-electron chi connectivity index (χ2n) is 6.72. The van der Waals surface area contributed by atoms with Gasteiger partial charge in [0.1, 0.15) is 5.75 Å². The zero-order valence-corrected chi connectivity index (χ0v) is 18.3. The molecule has 0 fully saturated rings. The Balaban J connectivity index is 1.53. The van der Waals surface area contributed by atoms with Crippen LogP contribution in [-0.2, 0) is 21.4 Å². The molecule has 8 nitrogen and oxygen atoms in total. The molecule has 1 aliphatic rings. The minimum absolute atomic E-state index is 0.152. The molecule has 0 unspecified atom stereocenters. The van der Waals surface area contributed by atoms with Crippen LogP contribution in [0.1, 0.15) is 18.4 Å². The van der Waals surface area contributed by atoms with Gasteiger partial charge < -0.3 is 19.5 Å². The number of sulfonamides is 1. The Morgan fingerprint density at radius 3 is 2.67 bits per heavy atom. The molecule has 0 saturated heterocycles. The van der Waals surface area contributed by atoms with Crippen LogP contribution in [0.3, 0.4) is 0 Å². The first-order valence-electron chi connectivity index (χ1n) is 9.24. The van der Waals surface area contributed by atoms with Crippen LogP contribution >= 0.6 is 11.6 Å². The molecule has 162 valence electrons. The van der Waals surface area contributed by atoms with Crippen molar-refractivity contribution >= 4 is 33.2 Å². The number of amides is 1. The summed E-state index contributed by atoms with van der Waals surface area (Å²) in [6.07, 6.45) is 1.65. The molecule has 1 heterocycles. The predicted molar refractivity (Wildman–Crippen MR) is 114 cm³/mol. The molecule has 1 amide bonds. The smallest absolute Gasteiger partial charge is 0.232 e. The Morgan fingerprint density at radius 2 is 1.97 bits per heavy atom. The summed E-state index contributed by atoms with van der Waals surface area (Å²) in [4.78, 5) is 12.2. The summed E-state index contributed by atoms with van der Waals surface area (Å²) < 4.78 is 41.3. The van der Waals surface area contributed by atoms with E-state index in [1.807, 2.05) is 12.1 Å². The lowest BCUT2D eigenvalue weighted by Crippen LogP contribution is -2.32. The van der Waals surface area contributed by atoms with Crippen LogP contribution in [0.15, 0.2) is 36.4 Å². The summed E-state index contributed by atoms with van der Waals surface area (Å²) in [5.74, 6) is 1.62. The van der Waals surface area contributed by atoms with Gasteiger partial charge in [-0.2, -0.15) is 0 Å². The number of carbonyl (C=O) groups excluding carboxylic acids is 1. The number of carbonyl (C=O) groups is 1. The van der Waals surface area contributed by atoms with E-state index in [-0.39, 0.29) is 25.7 Å². The number of hydrogen-bond donors (Lipinski definition) is 1. The van der Waals surface area contributed by atoms with E-state index in [0.717, 1.165) is 11.8 Å². The molecular formula is C20H23ClN2O6S. The van der Waals surface area contributed by atoms with E-state index in [0.29, 0.717) is 40.9 Å². The summed E-state index contributed by atoms with van der Waals surface area (Å²) in [6.45, 7) is 0.694. The van der Waals surface area contributed by atoms with Gasteiger partial charge >= 0.3 is 0 Å². The number of rotatable bonds is 9. The monoisotopic (exact) mass is 454 g/mol. The highest BCUT2D eigenvalue weighted by Crippen LogP contribution is 2.32. The van der Waals surface area contributed by atoms with E-state index in [1.54, 1.807) is 18.2 Å². The molecule has 1 N–H and O–H groups in total. The maximum atomic E-state index is 12.2. The van der Waals surface area contributed by atoms with Crippen molar-refractivity contribution in [2.75, 3.05) is 31.0 Å². The minimum atomic E-state index is -3.54. The highest BCUT2D eigenvalue weighted by atomic mass is 35.5. The van der Waals surface area contributed by atoms with E-state index in [2.05, 4.69) is 5.32 Å². The number of benzene rings is 2. The number of anilines is 1. The van der Waals surface area contributed by atoms with Gasteiger partial charge in [0.15, 0.2) is 11.5 Å². The predicted octanol–water partition coefficient (Wildman–Crippen LogP) is 2.94. The third kappa shape index (κ3) is 5.48. The van der Waals surface area contributed by atoms with E-state index in [1.165, 1.54) is 17.5 Å². The molecule has 0 radical (unpaired) electrons. The zero-order chi connectivity index (χ0) is 21.7. The first kappa shape index (κ1) is 22.0. The summed E-state index contributed by atoms with van der Waals surface area (Å²) >= 11 is 6.12. The first-order valence-corrected chi connectivity index (χ1v) is 11.5. The van der Waals surface area contributed by atoms with Crippen LogP contribution in [0.25, 0.3) is 0 Å². The SMILES string of the molecule is COc1ccc(N(CCCC(=O)NCc2ccc3c(c2)OCO3)S(C)(=O)=O)cc1Cl. The Hall–Kier alpha value is -2.65. The molecule has 1 aliphatic heterocycles. The molecule has 0 atom stereocenters. The fourth-order valence-electron chi connectivity index (χ4n) is 3.02. The Labute approximate surface area is 180 Å². The van der Waals surface area contributed by atoms with Gasteiger partial charge in [0.25, 0.3) is 0 Å². The summed E-state index contributed by atoms with van der Waals surface area (Å²) in [5, 5.41) is 3.14. The second kappa shape index (κ2) is 9.44. The van der Waals surface area contributed by atoms with Crippen LogP contribution in [0.4, 0.5) is 5.69 Å². The lowest BCUT2D eigenvalue weighted by molar-refractivity contribution is -0.121. The quantitative estimate of drug-likeness (QED) is 0.626. The summed E-state index contributed by atoms with van der Waals surface area (Å²) in [6, 6.07) is 10.2. The van der Waals surface area contributed by atoms with Crippen molar-refractivity contribution in [3.05, 3.63) is 47.0 Å². The number of halogens is 1. The third-order valence-electron chi connectivity index (χ3n) is 4.52. The summed E-state index contributed by atoms with van der Waals surface area (Å²) in [7, 11) is -2.05. The molecule has 0 aliphatic carbocycles. The molecule has 2 aromatic carbocycles. The average molecular weight is 455 g/mol. The van der Waals surface area contributed by atoms with Crippen molar-refractivity contribution in [3.63, 3.8) is 0 Å². The lowest BCUT2D eigenvalue weighted by Gasteiger charge is -2.23. The van der Waals surface area contributed by atoms with Crippen molar-refractivity contribution in [2.45, 2.75) is 19.4 Å². The van der Waals surface area contributed by atoms with Gasteiger partial charge in [-0.05, 0) is 42.3 Å². The van der Waals surface area contributed by atoms with E-state index in [9.17, 15) is 13.2 Å². The van der Waals surface area contributed by atoms with Crippen molar-refractivity contribution in [1.82, 2.24) is 5.32 Å². The molecular weight excluding hydrogens is 432 g/mol. The van der Waals surface area contributed by atoms with Gasteiger partial charge in [0.2, 0.25) is 22.7 Å². The Kier molecular flexibility index (Phi) is 6.94. The fourth-order valence-corrected chi connectivity index (χ4v) is 4.23. The van der Waals surface area contributed by atoms with Crippen LogP contribution in [0.5, 0.6) is 17.2 Å². The van der Waals surface area contributed by atoms with Crippen molar-refractivity contribution in [3.8, 4) is 17.2 Å². The zero-order valence-electron chi connectivity index (χ0n) is 16.7. The number of fused-ring (bicyclic) bond motifs is 1. The molecule has 0 spiro atoms. The number of nitrogens with one attached hydrogen (secondary N) is 1. The molecule has 0 saturated carbocycles. The Morgan fingerprint density at radius 1 is 1.20 bits per heavy atom. The van der Waals surface area contributed by atoms with Gasteiger partial charge in [-0.15, -0.1) is 0 Å². The Bertz CT molecular complexity index is 1030. The fraction of sp³-hybridized carbons (Fsp3) is 0.350. The third-order valence-corrected chi connectivity index (χ3v) is 6.00. The maximum Gasteiger partial charge on any atom is 0.232 e. The molecule has 2 aromatic rings. The average Bonchev–Trinajstić information content (AvgIpc) is 3.16. The van der Waals surface area contributed by atoms with Crippen LogP contribution in [0, 0.1) is 0 Å². The minimum Gasteiger partial charge on any atom is -0.495 e. The molecule has 0 aromatic heterocycles. The molecule has 0 bridgehead atoms. The van der Waals surface area contributed by atoms with Gasteiger partial charge in [0.05, 0.1) is 24.1 Å². The highest BCUT2D eigenvalue weighted by molar-refractivity contribution is 7.92. The van der Waals surface area contributed by atoms with Crippen LogP contribution < -0.4 is 23.8 Å². The maximum absolute atomic E-state index is 12.2.